The van der Waals surface area contributed by atoms with E-state index in [0.717, 1.165) is 58.7 Å². The fraction of sp³-hybridized carbons (Fsp3) is 0.700. The molecule has 0 aromatic carbocycles. The number of nitrogens with zero attached hydrogens (tertiary/aromatic N) is 5. The van der Waals surface area contributed by atoms with Crippen molar-refractivity contribution in [2.45, 2.75) is 38.8 Å². The topological polar surface area (TPSA) is 44.7 Å². The van der Waals surface area contributed by atoms with Crippen LogP contribution in [0.3, 0.4) is 0 Å². The lowest BCUT2D eigenvalue weighted by Crippen LogP contribution is -2.48. The summed E-state index contributed by atoms with van der Waals surface area (Å²) in [4.78, 5) is 15.1. The molecule has 0 aliphatic carbocycles. The molecular weight excluding hydrogens is 345 g/mol. The van der Waals surface area contributed by atoms with E-state index in [0.29, 0.717) is 18.6 Å². The largest absolute Gasteiger partial charge is 0.365 e. The van der Waals surface area contributed by atoms with Gasteiger partial charge >= 0.3 is 0 Å². The van der Waals surface area contributed by atoms with E-state index >= 15 is 0 Å². The van der Waals surface area contributed by atoms with Gasteiger partial charge in [-0.1, -0.05) is 11.8 Å². The molecule has 0 amide bonds. The van der Waals surface area contributed by atoms with E-state index < -0.39 is 5.82 Å². The average Bonchev–Trinajstić information content (AvgIpc) is 2.69. The van der Waals surface area contributed by atoms with Gasteiger partial charge in [0.15, 0.2) is 5.82 Å². The van der Waals surface area contributed by atoms with Crippen LogP contribution in [0.4, 0.5) is 10.3 Å². The van der Waals surface area contributed by atoms with Gasteiger partial charge in [-0.15, -0.1) is 0 Å². The molecule has 0 N–H and O–H groups in total. The molecular formula is C20H30FN5O. The van der Waals surface area contributed by atoms with Crippen molar-refractivity contribution in [1.82, 2.24) is 19.8 Å². The van der Waals surface area contributed by atoms with E-state index in [2.05, 4.69) is 50.4 Å². The first-order chi connectivity index (χ1) is 13.1. The third kappa shape index (κ3) is 6.13. The van der Waals surface area contributed by atoms with E-state index in [-0.39, 0.29) is 6.10 Å². The Morgan fingerprint density at radius 2 is 1.74 bits per heavy atom. The highest BCUT2D eigenvalue weighted by Gasteiger charge is 2.21. The smallest absolute Gasteiger partial charge is 0.225 e. The summed E-state index contributed by atoms with van der Waals surface area (Å²) in [6, 6.07) is 0.632. The summed E-state index contributed by atoms with van der Waals surface area (Å²) in [5.74, 6) is 6.59. The van der Waals surface area contributed by atoms with Gasteiger partial charge in [-0.2, -0.15) is 0 Å². The zero-order valence-corrected chi connectivity index (χ0v) is 16.4. The molecule has 2 aliphatic heterocycles. The second-order valence-corrected chi connectivity index (χ2v) is 7.46. The highest BCUT2D eigenvalue weighted by molar-refractivity contribution is 5.29. The standard InChI is InChI=1S/C20H30FN5O/c1-17(2)25-12-10-24(11-13-25)7-3-4-14-27-19-5-8-26(9-6-19)20-22-15-18(21)16-23-20/h15-17,19H,5-14H2,1-2H3. The Morgan fingerprint density at radius 1 is 1.07 bits per heavy atom. The fourth-order valence-electron chi connectivity index (χ4n) is 3.51. The number of hydrogen-bond acceptors (Lipinski definition) is 6. The van der Waals surface area contributed by atoms with Gasteiger partial charge in [-0.25, -0.2) is 14.4 Å². The second kappa shape index (κ2) is 9.98. The number of rotatable bonds is 5. The molecule has 3 heterocycles. The summed E-state index contributed by atoms with van der Waals surface area (Å²) >= 11 is 0. The summed E-state index contributed by atoms with van der Waals surface area (Å²) in [6.45, 7) is 11.9. The van der Waals surface area contributed by atoms with Crippen molar-refractivity contribution in [3.8, 4) is 11.8 Å². The number of aromatic nitrogens is 2. The van der Waals surface area contributed by atoms with Gasteiger partial charge in [0.1, 0.15) is 6.61 Å². The minimum Gasteiger partial charge on any atom is -0.365 e. The zero-order chi connectivity index (χ0) is 19.1. The molecule has 1 aromatic heterocycles. The van der Waals surface area contributed by atoms with Gasteiger partial charge < -0.3 is 9.64 Å². The van der Waals surface area contributed by atoms with Gasteiger partial charge in [-0.05, 0) is 26.7 Å². The van der Waals surface area contributed by atoms with Crippen LogP contribution in [0.2, 0.25) is 0 Å². The summed E-state index contributed by atoms with van der Waals surface area (Å²) in [6.07, 6.45) is 4.48. The number of anilines is 1. The Morgan fingerprint density at radius 3 is 2.37 bits per heavy atom. The minimum atomic E-state index is -0.405. The Kier molecular flexibility index (Phi) is 7.39. The van der Waals surface area contributed by atoms with E-state index in [1.165, 1.54) is 12.4 Å². The molecule has 0 saturated carbocycles. The van der Waals surface area contributed by atoms with E-state index in [4.69, 9.17) is 4.74 Å². The molecule has 2 saturated heterocycles. The highest BCUT2D eigenvalue weighted by atomic mass is 19.1. The van der Waals surface area contributed by atoms with Crippen molar-refractivity contribution in [2.75, 3.05) is 57.3 Å². The van der Waals surface area contributed by atoms with Crippen LogP contribution >= 0.6 is 0 Å². The fourth-order valence-corrected chi connectivity index (χ4v) is 3.51. The molecule has 0 radical (unpaired) electrons. The van der Waals surface area contributed by atoms with Gasteiger partial charge in [0, 0.05) is 45.3 Å². The lowest BCUT2D eigenvalue weighted by atomic mass is 10.1. The van der Waals surface area contributed by atoms with Crippen molar-refractivity contribution in [3.05, 3.63) is 18.2 Å². The first kappa shape index (κ1) is 20.0. The van der Waals surface area contributed by atoms with E-state index in [9.17, 15) is 4.39 Å². The summed E-state index contributed by atoms with van der Waals surface area (Å²) in [7, 11) is 0. The molecule has 6 nitrogen and oxygen atoms in total. The van der Waals surface area contributed by atoms with Crippen LogP contribution < -0.4 is 4.90 Å². The number of ether oxygens (including phenoxy) is 1. The van der Waals surface area contributed by atoms with Gasteiger partial charge in [0.2, 0.25) is 5.95 Å². The van der Waals surface area contributed by atoms with Gasteiger partial charge in [0.05, 0.1) is 25.0 Å². The van der Waals surface area contributed by atoms with Crippen LogP contribution in [-0.2, 0) is 4.74 Å². The molecule has 0 unspecified atom stereocenters. The second-order valence-electron chi connectivity index (χ2n) is 7.46. The third-order valence-corrected chi connectivity index (χ3v) is 5.29. The molecule has 2 fully saturated rings. The predicted octanol–water partition coefficient (Wildman–Crippen LogP) is 1.63. The van der Waals surface area contributed by atoms with Crippen LogP contribution in [0.5, 0.6) is 0 Å². The van der Waals surface area contributed by atoms with Crippen molar-refractivity contribution in [3.63, 3.8) is 0 Å². The number of hydrogen-bond donors (Lipinski definition) is 0. The Hall–Kier alpha value is -1.75. The Labute approximate surface area is 161 Å². The quantitative estimate of drug-likeness (QED) is 0.729. The van der Waals surface area contributed by atoms with Crippen LogP contribution in [-0.4, -0.2) is 84.3 Å². The molecule has 0 spiro atoms. The molecule has 7 heteroatoms. The van der Waals surface area contributed by atoms with E-state index in [1.807, 2.05) is 0 Å². The van der Waals surface area contributed by atoms with Crippen molar-refractivity contribution >= 4 is 5.95 Å². The normalized spacial score (nSPS) is 19.9. The van der Waals surface area contributed by atoms with Crippen molar-refractivity contribution in [1.29, 1.82) is 0 Å². The molecule has 0 bridgehead atoms. The number of halogens is 1. The predicted molar refractivity (Wildman–Crippen MR) is 104 cm³/mol. The molecule has 148 valence electrons. The minimum absolute atomic E-state index is 0.227. The van der Waals surface area contributed by atoms with Crippen LogP contribution in [0, 0.1) is 17.7 Å². The third-order valence-electron chi connectivity index (χ3n) is 5.29. The van der Waals surface area contributed by atoms with Crippen LogP contribution in [0.1, 0.15) is 26.7 Å². The maximum atomic E-state index is 12.9. The lowest BCUT2D eigenvalue weighted by Gasteiger charge is -2.36. The molecule has 2 aliphatic rings. The number of piperazine rings is 1. The SMILES string of the molecule is CC(C)N1CCN(CC#CCOC2CCN(c3ncc(F)cn3)CC2)CC1. The van der Waals surface area contributed by atoms with E-state index in [1.54, 1.807) is 0 Å². The summed E-state index contributed by atoms with van der Waals surface area (Å²) in [5, 5.41) is 0. The van der Waals surface area contributed by atoms with Crippen LogP contribution in [0.25, 0.3) is 0 Å². The number of piperidine rings is 1. The first-order valence-corrected chi connectivity index (χ1v) is 9.88. The Balaban J connectivity index is 1.30. The highest BCUT2D eigenvalue weighted by Crippen LogP contribution is 2.17. The molecule has 0 atom stereocenters. The first-order valence-electron chi connectivity index (χ1n) is 9.88. The van der Waals surface area contributed by atoms with Gasteiger partial charge in [-0.3, -0.25) is 9.80 Å². The van der Waals surface area contributed by atoms with Crippen LogP contribution in [0.15, 0.2) is 12.4 Å². The maximum Gasteiger partial charge on any atom is 0.225 e. The van der Waals surface area contributed by atoms with Gasteiger partial charge in [0.25, 0.3) is 0 Å². The molecule has 3 rings (SSSR count). The van der Waals surface area contributed by atoms with Crippen molar-refractivity contribution in [2.24, 2.45) is 0 Å². The molecule has 1 aromatic rings. The zero-order valence-electron chi connectivity index (χ0n) is 16.4. The Bertz CT molecular complexity index is 626. The summed E-state index contributed by atoms with van der Waals surface area (Å²) < 4.78 is 18.8. The maximum absolute atomic E-state index is 12.9. The lowest BCUT2D eigenvalue weighted by molar-refractivity contribution is 0.0592. The molecule has 27 heavy (non-hydrogen) atoms. The average molecular weight is 375 g/mol. The monoisotopic (exact) mass is 375 g/mol. The summed E-state index contributed by atoms with van der Waals surface area (Å²) in [5.41, 5.74) is 0. The van der Waals surface area contributed by atoms with Crippen molar-refractivity contribution < 1.29 is 9.13 Å².